The van der Waals surface area contributed by atoms with Crippen molar-refractivity contribution in [3.8, 4) is 23.8 Å². The molecule has 0 aliphatic heterocycles. The van der Waals surface area contributed by atoms with E-state index in [0.29, 0.717) is 23.6 Å². The van der Waals surface area contributed by atoms with Gasteiger partial charge in [0.25, 0.3) is 0 Å². The van der Waals surface area contributed by atoms with Crippen LogP contribution in [0, 0.1) is 18.3 Å². The summed E-state index contributed by atoms with van der Waals surface area (Å²) in [6.45, 7) is 12.7. The molecule has 5 nitrogen and oxygen atoms in total. The summed E-state index contributed by atoms with van der Waals surface area (Å²) in [6, 6.07) is 3.75. The number of terminal acetylenes is 1. The second-order valence-electron chi connectivity index (χ2n) is 8.45. The summed E-state index contributed by atoms with van der Waals surface area (Å²) in [7, 11) is 0. The van der Waals surface area contributed by atoms with Gasteiger partial charge in [-0.15, -0.1) is 6.42 Å². The number of hydrogen-bond donors (Lipinski definition) is 1. The van der Waals surface area contributed by atoms with E-state index in [4.69, 9.17) is 15.9 Å². The lowest BCUT2D eigenvalue weighted by Crippen LogP contribution is -2.27. The zero-order valence-electron chi connectivity index (χ0n) is 19.8. The number of allylic oxidation sites excluding steroid dienone is 3. The first-order valence-electron chi connectivity index (χ1n) is 11.4. The molecule has 1 aliphatic carbocycles. The summed E-state index contributed by atoms with van der Waals surface area (Å²) in [4.78, 5) is 24.5. The average Bonchev–Trinajstić information content (AvgIpc) is 2.73. The van der Waals surface area contributed by atoms with Crippen molar-refractivity contribution in [1.29, 1.82) is 0 Å². The molecule has 5 heteroatoms. The van der Waals surface area contributed by atoms with Crippen molar-refractivity contribution in [3.63, 3.8) is 0 Å². The van der Waals surface area contributed by atoms with Crippen LogP contribution in [0.1, 0.15) is 76.8 Å². The summed E-state index contributed by atoms with van der Waals surface area (Å²) in [5.41, 5.74) is 3.86. The van der Waals surface area contributed by atoms with Gasteiger partial charge in [0.05, 0.1) is 0 Å². The molecule has 2 atom stereocenters. The number of carbonyl (C=O) groups excluding carboxylic acids is 2. The molecular weight excluding hydrogens is 402 g/mol. The molecule has 32 heavy (non-hydrogen) atoms. The van der Waals surface area contributed by atoms with Crippen molar-refractivity contribution in [3.05, 3.63) is 47.1 Å². The first-order valence-corrected chi connectivity index (χ1v) is 11.4. The Morgan fingerprint density at radius 3 is 2.50 bits per heavy atom. The van der Waals surface area contributed by atoms with E-state index >= 15 is 0 Å². The van der Waals surface area contributed by atoms with Crippen LogP contribution in [0.15, 0.2) is 35.9 Å². The minimum atomic E-state index is -0.774. The van der Waals surface area contributed by atoms with E-state index in [-0.39, 0.29) is 11.8 Å². The minimum Gasteiger partial charge on any atom is -0.416 e. The monoisotopic (exact) mass is 437 g/mol. The van der Waals surface area contributed by atoms with Crippen molar-refractivity contribution >= 4 is 12.1 Å². The number of carbonyl (C=O) groups is 2. The second kappa shape index (κ2) is 12.1. The molecule has 172 valence electrons. The topological polar surface area (TPSA) is 64.6 Å². The van der Waals surface area contributed by atoms with Crippen LogP contribution in [0.5, 0.6) is 11.5 Å². The highest BCUT2D eigenvalue weighted by Gasteiger charge is 2.32. The van der Waals surface area contributed by atoms with Crippen molar-refractivity contribution in [2.24, 2.45) is 5.92 Å². The highest BCUT2D eigenvalue weighted by Crippen LogP contribution is 2.47. The number of hydrogen-bond acceptors (Lipinski definition) is 4. The molecule has 0 saturated carbocycles. The van der Waals surface area contributed by atoms with Gasteiger partial charge >= 0.3 is 12.1 Å². The zero-order chi connectivity index (χ0) is 23.7. The summed E-state index contributed by atoms with van der Waals surface area (Å²) in [5.74, 6) is 1.98. The third kappa shape index (κ3) is 6.75. The van der Waals surface area contributed by atoms with E-state index < -0.39 is 12.1 Å². The van der Waals surface area contributed by atoms with Gasteiger partial charge in [-0.2, -0.15) is 0 Å². The number of amides is 1. The van der Waals surface area contributed by atoms with Crippen molar-refractivity contribution in [2.75, 3.05) is 6.54 Å². The molecule has 0 aromatic heterocycles. The Morgan fingerprint density at radius 2 is 1.91 bits per heavy atom. The summed E-state index contributed by atoms with van der Waals surface area (Å²) in [5, 5.41) is 2.68. The minimum absolute atomic E-state index is 0.129. The van der Waals surface area contributed by atoms with Crippen LogP contribution in [0.3, 0.4) is 0 Å². The Balaban J connectivity index is 2.68. The molecule has 1 N–H and O–H groups in total. The maximum Gasteiger partial charge on any atom is 0.412 e. The number of esters is 1. The molecule has 0 radical (unpaired) electrons. The van der Waals surface area contributed by atoms with Gasteiger partial charge < -0.3 is 14.8 Å². The lowest BCUT2D eigenvalue weighted by molar-refractivity contribution is -0.128. The van der Waals surface area contributed by atoms with E-state index in [9.17, 15) is 9.59 Å². The molecule has 0 bridgehead atoms. The molecule has 2 rings (SSSR count). The van der Waals surface area contributed by atoms with Crippen LogP contribution in [-0.2, 0) is 11.2 Å². The molecule has 0 spiro atoms. The van der Waals surface area contributed by atoms with Crippen LogP contribution >= 0.6 is 0 Å². The lowest BCUT2D eigenvalue weighted by atomic mass is 9.73. The lowest BCUT2D eigenvalue weighted by Gasteiger charge is -2.32. The molecule has 1 aromatic carbocycles. The Kier molecular flexibility index (Phi) is 9.59. The molecule has 1 aromatic rings. The van der Waals surface area contributed by atoms with Crippen LogP contribution < -0.4 is 14.8 Å². The van der Waals surface area contributed by atoms with Gasteiger partial charge in [0, 0.05) is 23.9 Å². The van der Waals surface area contributed by atoms with Crippen molar-refractivity contribution in [1.82, 2.24) is 5.32 Å². The van der Waals surface area contributed by atoms with Gasteiger partial charge in [-0.1, -0.05) is 43.6 Å². The van der Waals surface area contributed by atoms with E-state index in [1.165, 1.54) is 5.57 Å². The predicted molar refractivity (Wildman–Crippen MR) is 128 cm³/mol. The fourth-order valence-electron chi connectivity index (χ4n) is 4.19. The molecule has 2 unspecified atom stereocenters. The summed E-state index contributed by atoms with van der Waals surface area (Å²) in [6.07, 6.45) is 12.7. The average molecular weight is 438 g/mol. The Bertz CT molecular complexity index is 922. The van der Waals surface area contributed by atoms with Crippen LogP contribution in [0.25, 0.3) is 0 Å². The first-order chi connectivity index (χ1) is 15.3. The maximum atomic E-state index is 12.4. The molecular formula is C27H35NO4. The summed E-state index contributed by atoms with van der Waals surface area (Å²) < 4.78 is 11.3. The van der Waals surface area contributed by atoms with Crippen molar-refractivity contribution in [2.45, 2.75) is 72.1 Å². The summed E-state index contributed by atoms with van der Waals surface area (Å²) >= 11 is 0. The standard InChI is InChI=1S/C27H35NO4/c1-7-10-11-12-20-16-23(31-25(29)8-2)26(24(17-20)32-27(30)28-9-3)22-15-19(6)13-14-21(22)18(4)5/h2,15-17,21-22H,4,7,9-14H2,1,3,5-6H3,(H,28,30). The highest BCUT2D eigenvalue weighted by atomic mass is 16.6. The first kappa shape index (κ1) is 25.3. The SMILES string of the molecule is C#CC(=O)Oc1cc(CCCCC)cc(OC(=O)NCC)c1C1C=C(C)CCC1C(=C)C. The van der Waals surface area contributed by atoms with E-state index in [2.05, 4.69) is 31.8 Å². The molecule has 0 saturated heterocycles. The van der Waals surface area contributed by atoms with Crippen molar-refractivity contribution < 1.29 is 19.1 Å². The van der Waals surface area contributed by atoms with E-state index in [1.54, 1.807) is 0 Å². The third-order valence-electron chi connectivity index (χ3n) is 5.79. The number of benzene rings is 1. The fourth-order valence-corrected chi connectivity index (χ4v) is 4.19. The third-order valence-corrected chi connectivity index (χ3v) is 5.79. The smallest absolute Gasteiger partial charge is 0.412 e. The van der Waals surface area contributed by atoms with Gasteiger partial charge in [0.1, 0.15) is 11.5 Å². The maximum absolute atomic E-state index is 12.4. The van der Waals surface area contributed by atoms with Gasteiger partial charge in [0.2, 0.25) is 0 Å². The Hall–Kier alpha value is -3.00. The van der Waals surface area contributed by atoms with Crippen LogP contribution in [-0.4, -0.2) is 18.6 Å². The molecule has 1 aliphatic rings. The Morgan fingerprint density at radius 1 is 1.22 bits per heavy atom. The molecule has 0 heterocycles. The van der Waals surface area contributed by atoms with Gasteiger partial charge in [-0.3, -0.25) is 0 Å². The zero-order valence-corrected chi connectivity index (χ0v) is 19.8. The largest absolute Gasteiger partial charge is 0.416 e. The Labute approximate surface area is 192 Å². The number of rotatable bonds is 9. The van der Waals surface area contributed by atoms with Crippen LogP contribution in [0.2, 0.25) is 0 Å². The highest BCUT2D eigenvalue weighted by molar-refractivity contribution is 5.90. The van der Waals surface area contributed by atoms with Crippen LogP contribution in [0.4, 0.5) is 4.79 Å². The number of unbranched alkanes of at least 4 members (excludes halogenated alkanes) is 2. The molecule has 1 amide bonds. The van der Waals surface area contributed by atoms with Gasteiger partial charge in [0.15, 0.2) is 0 Å². The predicted octanol–water partition coefficient (Wildman–Crippen LogP) is 6.08. The number of aryl methyl sites for hydroxylation is 1. The number of ether oxygens (including phenoxy) is 2. The normalized spacial score (nSPS) is 17.7. The number of nitrogens with one attached hydrogen (secondary N) is 1. The second-order valence-corrected chi connectivity index (χ2v) is 8.45. The fraction of sp³-hybridized carbons (Fsp3) is 0.481. The van der Waals surface area contributed by atoms with Gasteiger partial charge in [-0.05, 0) is 70.1 Å². The van der Waals surface area contributed by atoms with E-state index in [0.717, 1.165) is 49.7 Å². The molecule has 0 fully saturated rings. The van der Waals surface area contributed by atoms with Gasteiger partial charge in [-0.25, -0.2) is 9.59 Å². The quantitative estimate of drug-likeness (QED) is 0.127. The van der Waals surface area contributed by atoms with E-state index in [1.807, 2.05) is 31.9 Å².